The summed E-state index contributed by atoms with van der Waals surface area (Å²) in [6.45, 7) is 8.23. The van der Waals surface area contributed by atoms with Crippen LogP contribution < -0.4 is 10.6 Å². The molecule has 0 aliphatic heterocycles. The Hall–Kier alpha value is -1.29. The number of hydrogen-bond acceptors (Lipinski definition) is 2. The fourth-order valence-corrected chi connectivity index (χ4v) is 1.93. The molecule has 4 heteroatoms. The minimum atomic E-state index is 0.0612. The second-order valence-electron chi connectivity index (χ2n) is 4.09. The normalized spacial score (nSPS) is 12.4. The van der Waals surface area contributed by atoms with Crippen molar-refractivity contribution in [2.24, 2.45) is 0 Å². The number of hydrogen-bond donors (Lipinski definition) is 2. The van der Waals surface area contributed by atoms with Crippen LogP contribution in [0.1, 0.15) is 38.8 Å². The number of likely N-dealkylation sites (N-methyl/N-ethyl adjacent to an activating group) is 1. The van der Waals surface area contributed by atoms with Crippen molar-refractivity contribution in [1.29, 1.82) is 0 Å². The van der Waals surface area contributed by atoms with E-state index < -0.39 is 0 Å². The fraction of sp³-hybridized carbons (Fsp3) is 0.615. The summed E-state index contributed by atoms with van der Waals surface area (Å²) < 4.78 is 1.93. The number of nitrogens with one attached hydrogen (secondary N) is 2. The zero-order chi connectivity index (χ0) is 12.7. The van der Waals surface area contributed by atoms with Gasteiger partial charge in [0.1, 0.15) is 6.54 Å². The van der Waals surface area contributed by atoms with Crippen molar-refractivity contribution in [2.75, 3.05) is 13.1 Å². The van der Waals surface area contributed by atoms with Gasteiger partial charge in [-0.05, 0) is 31.5 Å². The molecular weight excluding hydrogens is 214 g/mol. The Morgan fingerprint density at radius 3 is 2.71 bits per heavy atom. The Morgan fingerprint density at radius 2 is 2.12 bits per heavy atom. The van der Waals surface area contributed by atoms with Crippen molar-refractivity contribution in [3.05, 3.63) is 24.0 Å². The summed E-state index contributed by atoms with van der Waals surface area (Å²) >= 11 is 0. The first kappa shape index (κ1) is 13.8. The second kappa shape index (κ2) is 7.12. The molecule has 1 rings (SSSR count). The molecule has 0 saturated heterocycles. The van der Waals surface area contributed by atoms with Crippen LogP contribution in [0.25, 0.3) is 0 Å². The third-order valence-electron chi connectivity index (χ3n) is 2.73. The average molecular weight is 237 g/mol. The van der Waals surface area contributed by atoms with E-state index in [1.165, 1.54) is 5.56 Å². The van der Waals surface area contributed by atoms with Crippen molar-refractivity contribution < 1.29 is 4.79 Å². The number of amides is 1. The van der Waals surface area contributed by atoms with Gasteiger partial charge in [0.05, 0.1) is 0 Å². The lowest BCUT2D eigenvalue weighted by Gasteiger charge is -2.13. The van der Waals surface area contributed by atoms with Crippen LogP contribution in [0.15, 0.2) is 18.5 Å². The molecule has 17 heavy (non-hydrogen) atoms. The van der Waals surface area contributed by atoms with Crippen LogP contribution in [0.2, 0.25) is 0 Å². The minimum Gasteiger partial charge on any atom is -0.355 e. The highest BCUT2D eigenvalue weighted by atomic mass is 16.1. The minimum absolute atomic E-state index is 0.0612. The summed E-state index contributed by atoms with van der Waals surface area (Å²) in [4.78, 5) is 11.4. The van der Waals surface area contributed by atoms with Gasteiger partial charge in [0.25, 0.3) is 0 Å². The SMILES string of the molecule is CCNC(=O)Cn1ccc(C(CC)NCC)c1. The Balaban J connectivity index is 2.60. The van der Waals surface area contributed by atoms with Gasteiger partial charge in [-0.15, -0.1) is 0 Å². The molecule has 96 valence electrons. The highest BCUT2D eigenvalue weighted by Gasteiger charge is 2.09. The van der Waals surface area contributed by atoms with Crippen LogP contribution in [-0.4, -0.2) is 23.6 Å². The first-order valence-electron chi connectivity index (χ1n) is 6.37. The molecule has 2 N–H and O–H groups in total. The van der Waals surface area contributed by atoms with Crippen LogP contribution in [0.5, 0.6) is 0 Å². The summed E-state index contributed by atoms with van der Waals surface area (Å²) in [5.41, 5.74) is 1.25. The summed E-state index contributed by atoms with van der Waals surface area (Å²) in [5, 5.41) is 6.22. The Kier molecular flexibility index (Phi) is 5.77. The van der Waals surface area contributed by atoms with Gasteiger partial charge in [0, 0.05) is 25.0 Å². The molecule has 0 bridgehead atoms. The van der Waals surface area contributed by atoms with E-state index in [2.05, 4.69) is 30.5 Å². The van der Waals surface area contributed by atoms with Gasteiger partial charge in [-0.3, -0.25) is 4.79 Å². The van der Waals surface area contributed by atoms with Gasteiger partial charge in [0.15, 0.2) is 0 Å². The van der Waals surface area contributed by atoms with Gasteiger partial charge in [0.2, 0.25) is 5.91 Å². The third kappa shape index (κ3) is 4.23. The van der Waals surface area contributed by atoms with Gasteiger partial charge in [-0.2, -0.15) is 0 Å². The number of carbonyl (C=O) groups is 1. The molecule has 1 atom stereocenters. The van der Waals surface area contributed by atoms with Crippen LogP contribution in [0, 0.1) is 0 Å². The molecule has 0 aliphatic rings. The van der Waals surface area contributed by atoms with Crippen molar-refractivity contribution >= 4 is 5.91 Å². The van der Waals surface area contributed by atoms with Crippen LogP contribution in [0.3, 0.4) is 0 Å². The summed E-state index contributed by atoms with van der Waals surface area (Å²) in [6.07, 6.45) is 5.07. The third-order valence-corrected chi connectivity index (χ3v) is 2.73. The quantitative estimate of drug-likeness (QED) is 0.758. The maximum atomic E-state index is 11.4. The largest absolute Gasteiger partial charge is 0.355 e. The van der Waals surface area contributed by atoms with Crippen LogP contribution >= 0.6 is 0 Å². The number of nitrogens with zero attached hydrogens (tertiary/aromatic N) is 1. The molecule has 0 radical (unpaired) electrons. The number of aromatic nitrogens is 1. The van der Waals surface area contributed by atoms with E-state index in [1.54, 1.807) is 0 Å². The Bertz CT molecular complexity index is 346. The number of rotatable bonds is 7. The van der Waals surface area contributed by atoms with E-state index in [0.717, 1.165) is 13.0 Å². The standard InChI is InChI=1S/C13H23N3O/c1-4-12(14-5-2)11-7-8-16(9-11)10-13(17)15-6-3/h7-9,12,14H,4-6,10H2,1-3H3,(H,15,17). The molecule has 1 heterocycles. The van der Waals surface area contributed by atoms with E-state index in [4.69, 9.17) is 0 Å². The second-order valence-corrected chi connectivity index (χ2v) is 4.09. The van der Waals surface area contributed by atoms with Crippen molar-refractivity contribution in [3.8, 4) is 0 Å². The maximum Gasteiger partial charge on any atom is 0.239 e. The summed E-state index contributed by atoms with van der Waals surface area (Å²) in [6, 6.07) is 2.46. The monoisotopic (exact) mass is 237 g/mol. The topological polar surface area (TPSA) is 46.1 Å². The first-order valence-corrected chi connectivity index (χ1v) is 6.37. The lowest BCUT2D eigenvalue weighted by Crippen LogP contribution is -2.26. The zero-order valence-corrected chi connectivity index (χ0v) is 11.0. The van der Waals surface area contributed by atoms with Crippen LogP contribution in [0.4, 0.5) is 0 Å². The predicted molar refractivity (Wildman–Crippen MR) is 69.8 cm³/mol. The lowest BCUT2D eigenvalue weighted by molar-refractivity contribution is -0.121. The molecular formula is C13H23N3O. The predicted octanol–water partition coefficient (Wildman–Crippen LogP) is 1.68. The van der Waals surface area contributed by atoms with Gasteiger partial charge >= 0.3 is 0 Å². The Labute approximate surface area is 103 Å². The lowest BCUT2D eigenvalue weighted by atomic mass is 10.1. The highest BCUT2D eigenvalue weighted by molar-refractivity contribution is 5.75. The zero-order valence-electron chi connectivity index (χ0n) is 11.0. The molecule has 4 nitrogen and oxygen atoms in total. The molecule has 1 amide bonds. The van der Waals surface area contributed by atoms with Crippen LogP contribution in [-0.2, 0) is 11.3 Å². The van der Waals surface area contributed by atoms with E-state index in [-0.39, 0.29) is 5.91 Å². The Morgan fingerprint density at radius 1 is 1.35 bits per heavy atom. The van der Waals surface area contributed by atoms with Crippen molar-refractivity contribution in [1.82, 2.24) is 15.2 Å². The molecule has 0 aromatic carbocycles. The van der Waals surface area contributed by atoms with Gasteiger partial charge < -0.3 is 15.2 Å². The summed E-state index contributed by atoms with van der Waals surface area (Å²) in [5.74, 6) is 0.0612. The molecule has 1 aromatic heterocycles. The molecule has 0 fully saturated rings. The molecule has 1 aromatic rings. The molecule has 0 spiro atoms. The van der Waals surface area contributed by atoms with Gasteiger partial charge in [-0.1, -0.05) is 13.8 Å². The van der Waals surface area contributed by atoms with E-state index in [1.807, 2.05) is 23.9 Å². The maximum absolute atomic E-state index is 11.4. The van der Waals surface area contributed by atoms with E-state index in [0.29, 0.717) is 19.1 Å². The van der Waals surface area contributed by atoms with E-state index in [9.17, 15) is 4.79 Å². The van der Waals surface area contributed by atoms with E-state index >= 15 is 0 Å². The number of carbonyl (C=O) groups excluding carboxylic acids is 1. The fourth-order valence-electron chi connectivity index (χ4n) is 1.93. The molecule has 0 aliphatic carbocycles. The molecule has 1 unspecified atom stereocenters. The summed E-state index contributed by atoms with van der Waals surface area (Å²) in [7, 11) is 0. The smallest absolute Gasteiger partial charge is 0.239 e. The van der Waals surface area contributed by atoms with Gasteiger partial charge in [-0.25, -0.2) is 0 Å². The molecule has 0 saturated carbocycles. The van der Waals surface area contributed by atoms with Crippen molar-refractivity contribution in [2.45, 2.75) is 39.8 Å². The highest BCUT2D eigenvalue weighted by Crippen LogP contribution is 2.16. The van der Waals surface area contributed by atoms with Crippen molar-refractivity contribution in [3.63, 3.8) is 0 Å². The average Bonchev–Trinajstić information content (AvgIpc) is 2.74. The first-order chi connectivity index (χ1) is 8.21.